The zero-order valence-corrected chi connectivity index (χ0v) is 11.1. The molecule has 1 atom stereocenters. The third kappa shape index (κ3) is 3.31. The molecule has 0 aliphatic carbocycles. The topological polar surface area (TPSA) is 20.2 Å². The molecule has 0 radical (unpaired) electrons. The van der Waals surface area contributed by atoms with Gasteiger partial charge in [-0.1, -0.05) is 23.7 Å². The van der Waals surface area contributed by atoms with Crippen LogP contribution >= 0.6 is 11.6 Å². The number of halogens is 3. The lowest BCUT2D eigenvalue weighted by molar-refractivity contribution is 0.177. The standard InChI is InChI=1S/C15H13ClF2O/c1-9-2-4-11(16)8-12(9)15(19)7-10-3-5-13(17)14(18)6-10/h2-6,8,15,19H,7H2,1H3. The minimum atomic E-state index is -0.910. The first kappa shape index (κ1) is 14.0. The van der Waals surface area contributed by atoms with Crippen molar-refractivity contribution in [2.75, 3.05) is 0 Å². The first-order chi connectivity index (χ1) is 8.97. The van der Waals surface area contributed by atoms with E-state index < -0.39 is 17.7 Å². The molecule has 0 heterocycles. The van der Waals surface area contributed by atoms with E-state index in [0.717, 1.165) is 17.7 Å². The van der Waals surface area contributed by atoms with Crippen molar-refractivity contribution < 1.29 is 13.9 Å². The molecule has 1 unspecified atom stereocenters. The molecule has 0 spiro atoms. The Hall–Kier alpha value is -1.45. The number of aryl methyl sites for hydroxylation is 1. The summed E-state index contributed by atoms with van der Waals surface area (Å²) in [5.74, 6) is -1.80. The first-order valence-corrected chi connectivity index (χ1v) is 6.23. The van der Waals surface area contributed by atoms with Crippen LogP contribution in [0.4, 0.5) is 8.78 Å². The van der Waals surface area contributed by atoms with Crippen molar-refractivity contribution in [2.24, 2.45) is 0 Å². The maximum Gasteiger partial charge on any atom is 0.159 e. The van der Waals surface area contributed by atoms with Gasteiger partial charge in [0.15, 0.2) is 11.6 Å². The van der Waals surface area contributed by atoms with Crippen molar-refractivity contribution >= 4 is 11.6 Å². The van der Waals surface area contributed by atoms with E-state index in [1.165, 1.54) is 6.07 Å². The number of rotatable bonds is 3. The first-order valence-electron chi connectivity index (χ1n) is 5.85. The van der Waals surface area contributed by atoms with E-state index in [-0.39, 0.29) is 6.42 Å². The molecule has 2 aromatic carbocycles. The molecule has 2 aromatic rings. The Morgan fingerprint density at radius 3 is 2.53 bits per heavy atom. The van der Waals surface area contributed by atoms with Crippen LogP contribution in [0, 0.1) is 18.6 Å². The molecular formula is C15H13ClF2O. The van der Waals surface area contributed by atoms with Crippen LogP contribution in [-0.4, -0.2) is 5.11 Å². The summed E-state index contributed by atoms with van der Waals surface area (Å²) in [6, 6.07) is 8.85. The van der Waals surface area contributed by atoms with E-state index in [9.17, 15) is 13.9 Å². The molecular weight excluding hydrogens is 270 g/mol. The van der Waals surface area contributed by atoms with Crippen LogP contribution in [0.15, 0.2) is 36.4 Å². The fraction of sp³-hybridized carbons (Fsp3) is 0.200. The van der Waals surface area contributed by atoms with Gasteiger partial charge in [0, 0.05) is 11.4 Å². The van der Waals surface area contributed by atoms with Gasteiger partial charge >= 0.3 is 0 Å². The second kappa shape index (κ2) is 5.68. The summed E-state index contributed by atoms with van der Waals surface area (Å²) in [4.78, 5) is 0. The van der Waals surface area contributed by atoms with Crippen molar-refractivity contribution in [2.45, 2.75) is 19.4 Å². The molecule has 0 bridgehead atoms. The summed E-state index contributed by atoms with van der Waals surface area (Å²) in [7, 11) is 0. The number of benzene rings is 2. The summed E-state index contributed by atoms with van der Waals surface area (Å²) >= 11 is 5.89. The van der Waals surface area contributed by atoms with Crippen LogP contribution in [-0.2, 0) is 6.42 Å². The van der Waals surface area contributed by atoms with Crippen LogP contribution in [0.3, 0.4) is 0 Å². The second-order valence-electron chi connectivity index (χ2n) is 4.47. The van der Waals surface area contributed by atoms with Crippen LogP contribution < -0.4 is 0 Å². The lowest BCUT2D eigenvalue weighted by atomic mass is 9.98. The van der Waals surface area contributed by atoms with E-state index in [1.807, 2.05) is 13.0 Å². The van der Waals surface area contributed by atoms with Gasteiger partial charge in [-0.15, -0.1) is 0 Å². The average Bonchev–Trinajstić information content (AvgIpc) is 2.36. The molecule has 0 aromatic heterocycles. The van der Waals surface area contributed by atoms with Crippen molar-refractivity contribution in [3.05, 3.63) is 69.7 Å². The zero-order chi connectivity index (χ0) is 14.0. The highest BCUT2D eigenvalue weighted by atomic mass is 35.5. The van der Waals surface area contributed by atoms with Gasteiger partial charge in [-0.25, -0.2) is 8.78 Å². The van der Waals surface area contributed by atoms with E-state index in [1.54, 1.807) is 12.1 Å². The molecule has 0 amide bonds. The summed E-state index contributed by atoms with van der Waals surface area (Å²) in [6.07, 6.45) is -0.596. The number of hydrogen-bond acceptors (Lipinski definition) is 1. The van der Waals surface area contributed by atoms with Crippen molar-refractivity contribution in [3.63, 3.8) is 0 Å². The predicted molar refractivity (Wildman–Crippen MR) is 71.2 cm³/mol. The molecule has 4 heteroatoms. The van der Waals surface area contributed by atoms with Crippen LogP contribution in [0.25, 0.3) is 0 Å². The highest BCUT2D eigenvalue weighted by molar-refractivity contribution is 6.30. The van der Waals surface area contributed by atoms with Crippen molar-refractivity contribution in [1.82, 2.24) is 0 Å². The smallest absolute Gasteiger partial charge is 0.159 e. The minimum Gasteiger partial charge on any atom is -0.388 e. The van der Waals surface area contributed by atoms with Gasteiger partial charge in [0.25, 0.3) is 0 Å². The van der Waals surface area contributed by atoms with Gasteiger partial charge in [0.05, 0.1) is 6.10 Å². The molecule has 1 N–H and O–H groups in total. The second-order valence-corrected chi connectivity index (χ2v) is 4.91. The lowest BCUT2D eigenvalue weighted by Gasteiger charge is -2.14. The Labute approximate surface area is 115 Å². The normalized spacial score (nSPS) is 12.5. The van der Waals surface area contributed by atoms with Gasteiger partial charge in [0.1, 0.15) is 0 Å². The minimum absolute atomic E-state index is 0.207. The zero-order valence-electron chi connectivity index (χ0n) is 10.3. The predicted octanol–water partition coefficient (Wildman–Crippen LogP) is 4.20. The number of aliphatic hydroxyl groups excluding tert-OH is 1. The fourth-order valence-corrected chi connectivity index (χ4v) is 2.15. The quantitative estimate of drug-likeness (QED) is 0.894. The Bertz CT molecular complexity index is 599. The molecule has 1 nitrogen and oxygen atoms in total. The molecule has 0 saturated carbocycles. The maximum atomic E-state index is 13.1. The monoisotopic (exact) mass is 282 g/mol. The maximum absolute atomic E-state index is 13.1. The van der Waals surface area contributed by atoms with Gasteiger partial charge in [0.2, 0.25) is 0 Å². The number of hydrogen-bond donors (Lipinski definition) is 1. The molecule has 19 heavy (non-hydrogen) atoms. The third-order valence-corrected chi connectivity index (χ3v) is 3.25. The van der Waals surface area contributed by atoms with Gasteiger partial charge in [-0.05, 0) is 47.9 Å². The SMILES string of the molecule is Cc1ccc(Cl)cc1C(O)Cc1ccc(F)c(F)c1. The fourth-order valence-electron chi connectivity index (χ4n) is 1.97. The molecule has 0 aliphatic rings. The Balaban J connectivity index is 2.22. The summed E-state index contributed by atoms with van der Waals surface area (Å²) < 4.78 is 25.9. The molecule has 0 fully saturated rings. The lowest BCUT2D eigenvalue weighted by Crippen LogP contribution is -2.04. The Kier molecular flexibility index (Phi) is 4.17. The molecule has 0 saturated heterocycles. The van der Waals surface area contributed by atoms with Crippen LogP contribution in [0.2, 0.25) is 5.02 Å². The highest BCUT2D eigenvalue weighted by Gasteiger charge is 2.13. The molecule has 0 aliphatic heterocycles. The highest BCUT2D eigenvalue weighted by Crippen LogP contribution is 2.25. The molecule has 2 rings (SSSR count). The average molecular weight is 283 g/mol. The summed E-state index contributed by atoms with van der Waals surface area (Å²) in [5, 5.41) is 10.7. The van der Waals surface area contributed by atoms with E-state index in [0.29, 0.717) is 16.1 Å². The summed E-state index contributed by atoms with van der Waals surface area (Å²) in [5.41, 5.74) is 2.13. The largest absolute Gasteiger partial charge is 0.388 e. The third-order valence-electron chi connectivity index (χ3n) is 3.01. The van der Waals surface area contributed by atoms with Gasteiger partial charge in [-0.3, -0.25) is 0 Å². The van der Waals surface area contributed by atoms with Gasteiger partial charge < -0.3 is 5.11 Å². The summed E-state index contributed by atoms with van der Waals surface area (Å²) in [6.45, 7) is 1.86. The van der Waals surface area contributed by atoms with Gasteiger partial charge in [-0.2, -0.15) is 0 Å². The number of aliphatic hydroxyl groups is 1. The Morgan fingerprint density at radius 2 is 1.84 bits per heavy atom. The van der Waals surface area contributed by atoms with Crippen LogP contribution in [0.5, 0.6) is 0 Å². The van der Waals surface area contributed by atoms with Crippen molar-refractivity contribution in [3.8, 4) is 0 Å². The van der Waals surface area contributed by atoms with E-state index in [4.69, 9.17) is 11.6 Å². The van der Waals surface area contributed by atoms with E-state index in [2.05, 4.69) is 0 Å². The van der Waals surface area contributed by atoms with Crippen molar-refractivity contribution in [1.29, 1.82) is 0 Å². The Morgan fingerprint density at radius 1 is 1.11 bits per heavy atom. The van der Waals surface area contributed by atoms with Crippen LogP contribution in [0.1, 0.15) is 22.8 Å². The van der Waals surface area contributed by atoms with E-state index >= 15 is 0 Å². The molecule has 100 valence electrons.